The molecule has 118 valence electrons. The Balaban J connectivity index is 1.42. The Hall–Kier alpha value is -2.98. The molecule has 2 aromatic heterocycles. The maximum atomic E-state index is 12.5. The van der Waals surface area contributed by atoms with Crippen LogP contribution in [0, 0.1) is 11.3 Å². The predicted molar refractivity (Wildman–Crippen MR) is 88.9 cm³/mol. The molecule has 0 unspecified atom stereocenters. The molecule has 0 atom stereocenters. The van der Waals surface area contributed by atoms with Crippen molar-refractivity contribution < 1.29 is 9.53 Å². The molecule has 6 nitrogen and oxygen atoms in total. The molecule has 0 N–H and O–H groups in total. The largest absolute Gasteiger partial charge is 0.470 e. The summed E-state index contributed by atoms with van der Waals surface area (Å²) in [6, 6.07) is 13.1. The molecule has 0 aliphatic carbocycles. The third kappa shape index (κ3) is 2.57. The van der Waals surface area contributed by atoms with Gasteiger partial charge in [0.15, 0.2) is 5.01 Å². The first-order valence-corrected chi connectivity index (χ1v) is 8.23. The van der Waals surface area contributed by atoms with Crippen molar-refractivity contribution in [2.24, 2.45) is 0 Å². The first-order chi connectivity index (χ1) is 11.7. The first kappa shape index (κ1) is 14.6. The fraction of sp³-hybridized carbons (Fsp3) is 0.176. The predicted octanol–water partition coefficient (Wildman–Crippen LogP) is 2.47. The quantitative estimate of drug-likeness (QED) is 0.734. The molecule has 3 aromatic rings. The summed E-state index contributed by atoms with van der Waals surface area (Å²) in [5.74, 6) is 0.231. The number of carbonyl (C=O) groups excluding carboxylic acids is 1. The lowest BCUT2D eigenvalue weighted by molar-refractivity contribution is 0.0159. The van der Waals surface area contributed by atoms with Gasteiger partial charge in [-0.1, -0.05) is 12.1 Å². The van der Waals surface area contributed by atoms with Crippen LogP contribution in [0.1, 0.15) is 15.4 Å². The molecule has 7 heteroatoms. The van der Waals surface area contributed by atoms with Gasteiger partial charge in [0.1, 0.15) is 17.7 Å². The number of carbonyl (C=O) groups is 1. The van der Waals surface area contributed by atoms with E-state index in [0.29, 0.717) is 29.5 Å². The minimum Gasteiger partial charge on any atom is -0.470 e. The van der Waals surface area contributed by atoms with Crippen molar-refractivity contribution in [3.05, 3.63) is 53.2 Å². The first-order valence-electron chi connectivity index (χ1n) is 7.41. The Morgan fingerprint density at radius 3 is 2.92 bits per heavy atom. The summed E-state index contributed by atoms with van der Waals surface area (Å²) in [7, 11) is 0. The van der Waals surface area contributed by atoms with Crippen LogP contribution >= 0.6 is 11.3 Å². The van der Waals surface area contributed by atoms with E-state index in [0.717, 1.165) is 10.2 Å². The fourth-order valence-electron chi connectivity index (χ4n) is 2.51. The minimum absolute atomic E-state index is 0.0856. The monoisotopic (exact) mass is 336 g/mol. The highest BCUT2D eigenvalue weighted by atomic mass is 32.1. The molecule has 0 saturated carbocycles. The van der Waals surface area contributed by atoms with Crippen LogP contribution in [-0.4, -0.2) is 40.0 Å². The lowest BCUT2D eigenvalue weighted by Gasteiger charge is -2.38. The molecule has 1 fully saturated rings. The molecule has 4 rings (SSSR count). The normalized spacial score (nSPS) is 14.2. The van der Waals surface area contributed by atoms with Crippen LogP contribution < -0.4 is 4.74 Å². The van der Waals surface area contributed by atoms with Gasteiger partial charge in [-0.3, -0.25) is 4.79 Å². The van der Waals surface area contributed by atoms with E-state index in [9.17, 15) is 4.79 Å². The average Bonchev–Trinajstić information content (AvgIpc) is 3.01. The summed E-state index contributed by atoms with van der Waals surface area (Å²) >= 11 is 1.40. The Labute approximate surface area is 141 Å². The number of rotatable bonds is 3. The summed E-state index contributed by atoms with van der Waals surface area (Å²) in [4.78, 5) is 22.6. The van der Waals surface area contributed by atoms with Crippen molar-refractivity contribution in [1.29, 1.82) is 5.26 Å². The number of pyridine rings is 1. The van der Waals surface area contributed by atoms with Gasteiger partial charge >= 0.3 is 0 Å². The molecule has 0 bridgehead atoms. The zero-order valence-electron chi connectivity index (χ0n) is 12.5. The molecule has 3 heterocycles. The van der Waals surface area contributed by atoms with Gasteiger partial charge in [-0.2, -0.15) is 5.26 Å². The molecule has 1 amide bonds. The van der Waals surface area contributed by atoms with Crippen LogP contribution in [0.15, 0.2) is 42.6 Å². The third-order valence-corrected chi connectivity index (χ3v) is 4.81. The highest BCUT2D eigenvalue weighted by Crippen LogP contribution is 2.25. The molecule has 0 radical (unpaired) electrons. The van der Waals surface area contributed by atoms with Gasteiger partial charge < -0.3 is 9.64 Å². The second kappa shape index (κ2) is 5.91. The van der Waals surface area contributed by atoms with Crippen molar-refractivity contribution in [2.75, 3.05) is 13.1 Å². The maximum Gasteiger partial charge on any atom is 0.283 e. The number of thiazole rings is 1. The second-order valence-corrected chi connectivity index (χ2v) is 6.44. The lowest BCUT2D eigenvalue weighted by Crippen LogP contribution is -2.56. The number of nitrogens with zero attached hydrogens (tertiary/aromatic N) is 4. The fourth-order valence-corrected chi connectivity index (χ4v) is 3.44. The summed E-state index contributed by atoms with van der Waals surface area (Å²) < 4.78 is 6.70. The van der Waals surface area contributed by atoms with Crippen LogP contribution in [-0.2, 0) is 0 Å². The van der Waals surface area contributed by atoms with E-state index in [1.54, 1.807) is 23.2 Å². The Bertz CT molecular complexity index is 923. The Morgan fingerprint density at radius 2 is 2.12 bits per heavy atom. The number of hydrogen-bond acceptors (Lipinski definition) is 6. The van der Waals surface area contributed by atoms with E-state index >= 15 is 0 Å². The van der Waals surface area contributed by atoms with Crippen molar-refractivity contribution >= 4 is 27.5 Å². The number of para-hydroxylation sites is 1. The van der Waals surface area contributed by atoms with Gasteiger partial charge in [0.05, 0.1) is 23.3 Å². The number of amides is 1. The Morgan fingerprint density at radius 1 is 1.29 bits per heavy atom. The maximum absolute atomic E-state index is 12.5. The minimum atomic E-state index is -0.148. The molecular weight excluding hydrogens is 324 g/mol. The number of aromatic nitrogens is 2. The SMILES string of the molecule is N#Cc1cccnc1OC1CN(C(=O)c2nc3ccccc3s2)C1. The van der Waals surface area contributed by atoms with E-state index in [1.165, 1.54) is 11.3 Å². The molecule has 0 spiro atoms. The number of benzene rings is 1. The van der Waals surface area contributed by atoms with E-state index in [2.05, 4.69) is 9.97 Å². The summed E-state index contributed by atoms with van der Waals surface area (Å²) in [5, 5.41) is 9.53. The van der Waals surface area contributed by atoms with Crippen molar-refractivity contribution in [2.45, 2.75) is 6.10 Å². The van der Waals surface area contributed by atoms with Crippen LogP contribution in [0.25, 0.3) is 10.2 Å². The van der Waals surface area contributed by atoms with Gasteiger partial charge in [0.2, 0.25) is 5.88 Å². The van der Waals surface area contributed by atoms with Gasteiger partial charge in [-0.15, -0.1) is 11.3 Å². The van der Waals surface area contributed by atoms with Crippen molar-refractivity contribution in [3.63, 3.8) is 0 Å². The highest BCUT2D eigenvalue weighted by molar-refractivity contribution is 7.20. The van der Waals surface area contributed by atoms with E-state index < -0.39 is 0 Å². The van der Waals surface area contributed by atoms with Gasteiger partial charge in [0, 0.05) is 6.20 Å². The molecule has 1 aliphatic heterocycles. The zero-order chi connectivity index (χ0) is 16.5. The summed E-state index contributed by atoms with van der Waals surface area (Å²) in [6.45, 7) is 0.937. The topological polar surface area (TPSA) is 79.1 Å². The van der Waals surface area contributed by atoms with Gasteiger partial charge in [0.25, 0.3) is 5.91 Å². The van der Waals surface area contributed by atoms with Crippen LogP contribution in [0.3, 0.4) is 0 Å². The number of nitriles is 1. The van der Waals surface area contributed by atoms with E-state index in [-0.39, 0.29) is 12.0 Å². The summed E-state index contributed by atoms with van der Waals surface area (Å²) in [6.07, 6.45) is 1.43. The van der Waals surface area contributed by atoms with E-state index in [1.807, 2.05) is 30.3 Å². The van der Waals surface area contributed by atoms with Gasteiger partial charge in [-0.05, 0) is 24.3 Å². The number of likely N-dealkylation sites (tertiary alicyclic amines) is 1. The molecule has 1 aliphatic rings. The number of ether oxygens (including phenoxy) is 1. The van der Waals surface area contributed by atoms with Crippen LogP contribution in [0.5, 0.6) is 5.88 Å². The van der Waals surface area contributed by atoms with Crippen LogP contribution in [0.2, 0.25) is 0 Å². The standard InChI is InChI=1S/C17H12N4O2S/c18-8-11-4-3-7-19-15(11)23-12-9-21(10-12)17(22)16-20-13-5-1-2-6-14(13)24-16/h1-7,12H,9-10H2. The smallest absolute Gasteiger partial charge is 0.283 e. The molecule has 24 heavy (non-hydrogen) atoms. The second-order valence-electron chi connectivity index (χ2n) is 5.40. The molecular formula is C17H12N4O2S. The lowest BCUT2D eigenvalue weighted by atomic mass is 10.1. The van der Waals surface area contributed by atoms with Crippen LogP contribution in [0.4, 0.5) is 0 Å². The highest BCUT2D eigenvalue weighted by Gasteiger charge is 2.34. The van der Waals surface area contributed by atoms with Crippen molar-refractivity contribution in [3.8, 4) is 11.9 Å². The summed E-state index contributed by atoms with van der Waals surface area (Å²) in [5.41, 5.74) is 1.24. The van der Waals surface area contributed by atoms with Gasteiger partial charge in [-0.25, -0.2) is 9.97 Å². The zero-order valence-corrected chi connectivity index (χ0v) is 13.4. The molecule has 1 aromatic carbocycles. The number of fused-ring (bicyclic) bond motifs is 1. The Kier molecular flexibility index (Phi) is 3.59. The number of hydrogen-bond donors (Lipinski definition) is 0. The van der Waals surface area contributed by atoms with Crippen molar-refractivity contribution in [1.82, 2.24) is 14.9 Å². The average molecular weight is 336 g/mol. The van der Waals surface area contributed by atoms with E-state index in [4.69, 9.17) is 10.00 Å². The third-order valence-electron chi connectivity index (χ3n) is 3.78. The molecule has 1 saturated heterocycles.